The predicted molar refractivity (Wildman–Crippen MR) is 58.5 cm³/mol. The summed E-state index contributed by atoms with van der Waals surface area (Å²) in [6, 6.07) is 12.5. The first-order valence-corrected chi connectivity index (χ1v) is 4.82. The quantitative estimate of drug-likeness (QED) is 0.780. The molecule has 0 aliphatic rings. The van der Waals surface area contributed by atoms with Crippen LogP contribution in [0.1, 0.15) is 5.56 Å². The number of nitrogens with two attached hydrogens (primary N) is 1. The van der Waals surface area contributed by atoms with Crippen LogP contribution in [-0.4, -0.2) is 11.1 Å². The number of hydrogen-bond donors (Lipinski definition) is 1. The molecule has 1 aromatic heterocycles. The molecule has 0 aliphatic heterocycles. The van der Waals surface area contributed by atoms with Gasteiger partial charge in [-0.2, -0.15) is 0 Å². The summed E-state index contributed by atoms with van der Waals surface area (Å²) >= 11 is 0. The number of nitrogens with zero attached hydrogens (tertiary/aromatic N) is 1. The van der Waals surface area contributed by atoms with Crippen molar-refractivity contribution >= 4 is 0 Å². The van der Waals surface area contributed by atoms with Crippen molar-refractivity contribution in [3.8, 4) is 5.69 Å². The number of benzene rings is 1. The SMILES string of the molecule is NCCc1ccc(-n2cccc2)cc1. The van der Waals surface area contributed by atoms with Gasteiger partial charge in [-0.05, 0) is 42.8 Å². The Labute approximate surface area is 84.0 Å². The van der Waals surface area contributed by atoms with E-state index in [0.29, 0.717) is 6.54 Å². The first-order valence-electron chi connectivity index (χ1n) is 4.82. The zero-order chi connectivity index (χ0) is 9.80. The van der Waals surface area contributed by atoms with Crippen LogP contribution in [0.3, 0.4) is 0 Å². The Morgan fingerprint density at radius 3 is 2.21 bits per heavy atom. The predicted octanol–water partition coefficient (Wildman–Crippen LogP) is 1.98. The molecule has 1 heterocycles. The van der Waals surface area contributed by atoms with Gasteiger partial charge in [-0.15, -0.1) is 0 Å². The van der Waals surface area contributed by atoms with E-state index in [1.54, 1.807) is 0 Å². The fourth-order valence-electron chi connectivity index (χ4n) is 1.51. The Balaban J connectivity index is 2.22. The second-order valence-corrected chi connectivity index (χ2v) is 3.30. The van der Waals surface area contributed by atoms with E-state index in [1.807, 2.05) is 24.5 Å². The van der Waals surface area contributed by atoms with E-state index in [4.69, 9.17) is 5.73 Å². The lowest BCUT2D eigenvalue weighted by Crippen LogP contribution is -2.02. The van der Waals surface area contributed by atoms with Gasteiger partial charge in [-0.3, -0.25) is 0 Å². The van der Waals surface area contributed by atoms with Crippen LogP contribution in [0.25, 0.3) is 5.69 Å². The fourth-order valence-corrected chi connectivity index (χ4v) is 1.51. The first kappa shape index (κ1) is 9.03. The average molecular weight is 186 g/mol. The Bertz CT molecular complexity index is 373. The van der Waals surface area contributed by atoms with Gasteiger partial charge in [0.15, 0.2) is 0 Å². The molecule has 0 unspecified atom stereocenters. The van der Waals surface area contributed by atoms with Crippen molar-refractivity contribution in [1.29, 1.82) is 0 Å². The third-order valence-corrected chi connectivity index (χ3v) is 2.27. The van der Waals surface area contributed by atoms with E-state index in [1.165, 1.54) is 11.3 Å². The van der Waals surface area contributed by atoms with E-state index < -0.39 is 0 Å². The second kappa shape index (κ2) is 4.11. The van der Waals surface area contributed by atoms with Gasteiger partial charge in [0.2, 0.25) is 0 Å². The number of aromatic nitrogens is 1. The minimum atomic E-state index is 0.711. The van der Waals surface area contributed by atoms with Gasteiger partial charge < -0.3 is 10.3 Å². The van der Waals surface area contributed by atoms with Gasteiger partial charge in [0, 0.05) is 18.1 Å². The van der Waals surface area contributed by atoms with Gasteiger partial charge in [0.1, 0.15) is 0 Å². The molecule has 0 saturated heterocycles. The van der Waals surface area contributed by atoms with Crippen molar-refractivity contribution in [3.63, 3.8) is 0 Å². The summed E-state index contributed by atoms with van der Waals surface area (Å²) in [6.07, 6.45) is 5.03. The highest BCUT2D eigenvalue weighted by Crippen LogP contribution is 2.09. The smallest absolute Gasteiger partial charge is 0.0449 e. The van der Waals surface area contributed by atoms with Gasteiger partial charge in [-0.1, -0.05) is 12.1 Å². The number of rotatable bonds is 3. The van der Waals surface area contributed by atoms with Gasteiger partial charge in [0.25, 0.3) is 0 Å². The molecular formula is C12H14N2. The lowest BCUT2D eigenvalue weighted by Gasteiger charge is -2.04. The molecular weight excluding hydrogens is 172 g/mol. The van der Waals surface area contributed by atoms with Crippen LogP contribution in [0, 0.1) is 0 Å². The summed E-state index contributed by atoms with van der Waals surface area (Å²) in [7, 11) is 0. The lowest BCUT2D eigenvalue weighted by molar-refractivity contribution is 0.965. The van der Waals surface area contributed by atoms with Crippen molar-refractivity contribution in [2.24, 2.45) is 5.73 Å². The highest BCUT2D eigenvalue weighted by atomic mass is 14.9. The third-order valence-electron chi connectivity index (χ3n) is 2.27. The molecule has 2 heteroatoms. The molecule has 0 atom stereocenters. The summed E-state index contributed by atoms with van der Waals surface area (Å²) in [5.41, 5.74) is 7.97. The molecule has 2 rings (SSSR count). The van der Waals surface area contributed by atoms with Crippen LogP contribution in [0.4, 0.5) is 0 Å². The molecule has 0 saturated carbocycles. The fraction of sp³-hybridized carbons (Fsp3) is 0.167. The van der Waals surface area contributed by atoms with Crippen molar-refractivity contribution < 1.29 is 0 Å². The average Bonchev–Trinajstić information content (AvgIpc) is 2.72. The van der Waals surface area contributed by atoms with Crippen molar-refractivity contribution in [2.45, 2.75) is 6.42 Å². The Hall–Kier alpha value is -1.54. The van der Waals surface area contributed by atoms with E-state index >= 15 is 0 Å². The third kappa shape index (κ3) is 1.86. The monoisotopic (exact) mass is 186 g/mol. The maximum atomic E-state index is 5.49. The molecule has 2 nitrogen and oxygen atoms in total. The summed E-state index contributed by atoms with van der Waals surface area (Å²) in [6.45, 7) is 0.711. The second-order valence-electron chi connectivity index (χ2n) is 3.30. The summed E-state index contributed by atoms with van der Waals surface area (Å²) in [5.74, 6) is 0. The molecule has 14 heavy (non-hydrogen) atoms. The molecule has 1 aromatic carbocycles. The molecule has 2 N–H and O–H groups in total. The minimum Gasteiger partial charge on any atom is -0.330 e. The molecule has 72 valence electrons. The Morgan fingerprint density at radius 2 is 1.64 bits per heavy atom. The molecule has 0 radical (unpaired) electrons. The molecule has 0 fully saturated rings. The van der Waals surface area contributed by atoms with Crippen LogP contribution >= 0.6 is 0 Å². The highest BCUT2D eigenvalue weighted by Gasteiger charge is 1.94. The first-order chi connectivity index (χ1) is 6.90. The molecule has 0 bridgehead atoms. The topological polar surface area (TPSA) is 30.9 Å². The van der Waals surface area contributed by atoms with Crippen LogP contribution in [0.2, 0.25) is 0 Å². The van der Waals surface area contributed by atoms with Crippen LogP contribution in [0.5, 0.6) is 0 Å². The Kier molecular flexibility index (Phi) is 2.65. The van der Waals surface area contributed by atoms with Crippen molar-refractivity contribution in [2.75, 3.05) is 6.54 Å². The number of hydrogen-bond acceptors (Lipinski definition) is 1. The van der Waals surface area contributed by atoms with Crippen molar-refractivity contribution in [3.05, 3.63) is 54.4 Å². The summed E-state index contributed by atoms with van der Waals surface area (Å²) < 4.78 is 2.09. The van der Waals surface area contributed by atoms with Crippen LogP contribution in [0.15, 0.2) is 48.8 Å². The highest BCUT2D eigenvalue weighted by molar-refractivity contribution is 5.35. The zero-order valence-corrected chi connectivity index (χ0v) is 8.06. The maximum absolute atomic E-state index is 5.49. The van der Waals surface area contributed by atoms with Gasteiger partial charge >= 0.3 is 0 Å². The summed E-state index contributed by atoms with van der Waals surface area (Å²) in [5, 5.41) is 0. The lowest BCUT2D eigenvalue weighted by atomic mass is 10.1. The maximum Gasteiger partial charge on any atom is 0.0449 e. The van der Waals surface area contributed by atoms with Crippen LogP contribution < -0.4 is 5.73 Å². The molecule has 0 amide bonds. The summed E-state index contributed by atoms with van der Waals surface area (Å²) in [4.78, 5) is 0. The van der Waals surface area contributed by atoms with Gasteiger partial charge in [-0.25, -0.2) is 0 Å². The normalized spacial score (nSPS) is 10.4. The minimum absolute atomic E-state index is 0.711. The zero-order valence-electron chi connectivity index (χ0n) is 8.06. The van der Waals surface area contributed by atoms with Crippen molar-refractivity contribution in [1.82, 2.24) is 4.57 Å². The standard InChI is InChI=1S/C12H14N2/c13-8-7-11-3-5-12(6-4-11)14-9-1-2-10-14/h1-6,9-10H,7-8,13H2. The Morgan fingerprint density at radius 1 is 1.00 bits per heavy atom. The van der Waals surface area contributed by atoms with E-state index in [9.17, 15) is 0 Å². The van der Waals surface area contributed by atoms with E-state index in [2.05, 4.69) is 28.8 Å². The van der Waals surface area contributed by atoms with Crippen LogP contribution in [-0.2, 0) is 6.42 Å². The molecule has 0 aliphatic carbocycles. The van der Waals surface area contributed by atoms with E-state index in [0.717, 1.165) is 6.42 Å². The van der Waals surface area contributed by atoms with E-state index in [-0.39, 0.29) is 0 Å². The largest absolute Gasteiger partial charge is 0.330 e. The van der Waals surface area contributed by atoms with Gasteiger partial charge in [0.05, 0.1) is 0 Å². The molecule has 2 aromatic rings. The molecule has 0 spiro atoms.